The Kier molecular flexibility index (Phi) is 4.83. The molecule has 0 bridgehead atoms. The van der Waals surface area contributed by atoms with E-state index in [-0.39, 0.29) is 5.95 Å². The molecule has 0 spiro atoms. The Morgan fingerprint density at radius 3 is 2.25 bits per heavy atom. The van der Waals surface area contributed by atoms with Crippen LogP contribution in [0.3, 0.4) is 0 Å². The number of benzene rings is 2. The summed E-state index contributed by atoms with van der Waals surface area (Å²) in [5.41, 5.74) is 8.42. The molecule has 0 fully saturated rings. The molecule has 3 rings (SSSR count). The maximum atomic E-state index is 6.29. The van der Waals surface area contributed by atoms with Crippen LogP contribution in [0.4, 0.5) is 5.95 Å². The number of aromatic nitrogens is 3. The summed E-state index contributed by atoms with van der Waals surface area (Å²) in [5.74, 6) is 0.544. The molecule has 0 saturated carbocycles. The van der Waals surface area contributed by atoms with Gasteiger partial charge < -0.3 is 10.5 Å². The number of nitrogens with two attached hydrogens (primary N) is 1. The average Bonchev–Trinajstić information content (AvgIpc) is 2.58. The van der Waals surface area contributed by atoms with Gasteiger partial charge in [-0.3, -0.25) is 0 Å². The van der Waals surface area contributed by atoms with Gasteiger partial charge in [0.2, 0.25) is 5.95 Å². The molecular formula is C17H14Cl2N4O. The van der Waals surface area contributed by atoms with Crippen molar-refractivity contribution in [2.75, 3.05) is 12.3 Å². The normalized spacial score (nSPS) is 10.6. The first kappa shape index (κ1) is 16.5. The molecular weight excluding hydrogens is 347 g/mol. The molecule has 0 amide bonds. The number of halogens is 2. The van der Waals surface area contributed by atoms with E-state index >= 15 is 0 Å². The van der Waals surface area contributed by atoms with E-state index in [4.69, 9.17) is 33.7 Å². The van der Waals surface area contributed by atoms with Crippen molar-refractivity contribution >= 4 is 29.2 Å². The maximum Gasteiger partial charge on any atom is 0.240 e. The zero-order valence-electron chi connectivity index (χ0n) is 12.8. The summed E-state index contributed by atoms with van der Waals surface area (Å²) in [4.78, 5) is 4.32. The Balaban J connectivity index is 2.17. The van der Waals surface area contributed by atoms with Gasteiger partial charge in [0.1, 0.15) is 11.4 Å². The summed E-state index contributed by atoms with van der Waals surface area (Å²) in [6.45, 7) is 2.33. The lowest BCUT2D eigenvalue weighted by atomic mass is 10.0. The molecule has 3 aromatic rings. The molecule has 5 nitrogen and oxygen atoms in total. The van der Waals surface area contributed by atoms with Crippen LogP contribution in [0.5, 0.6) is 5.75 Å². The molecule has 0 radical (unpaired) electrons. The molecule has 2 N–H and O–H groups in total. The van der Waals surface area contributed by atoms with E-state index in [0.717, 1.165) is 5.56 Å². The Morgan fingerprint density at radius 1 is 0.958 bits per heavy atom. The molecule has 122 valence electrons. The highest BCUT2D eigenvalue weighted by Crippen LogP contribution is 2.39. The maximum absolute atomic E-state index is 6.29. The molecule has 2 aromatic carbocycles. The number of hydrogen-bond acceptors (Lipinski definition) is 5. The summed E-state index contributed by atoms with van der Waals surface area (Å²) in [6.07, 6.45) is 0. The van der Waals surface area contributed by atoms with Crippen LogP contribution in [0.1, 0.15) is 6.92 Å². The zero-order chi connectivity index (χ0) is 17.1. The largest absolute Gasteiger partial charge is 0.491 e. The zero-order valence-corrected chi connectivity index (χ0v) is 14.3. The van der Waals surface area contributed by atoms with Crippen LogP contribution in [0.25, 0.3) is 22.5 Å². The number of ether oxygens (including phenoxy) is 1. The minimum Gasteiger partial charge on any atom is -0.491 e. The van der Waals surface area contributed by atoms with E-state index < -0.39 is 0 Å². The van der Waals surface area contributed by atoms with Crippen LogP contribution in [-0.2, 0) is 0 Å². The lowest BCUT2D eigenvalue weighted by molar-refractivity contribution is 0.340. The van der Waals surface area contributed by atoms with E-state index in [9.17, 15) is 0 Å². The molecule has 0 aliphatic carbocycles. The Labute approximate surface area is 149 Å². The van der Waals surface area contributed by atoms with Crippen molar-refractivity contribution in [3.05, 3.63) is 52.5 Å². The molecule has 7 heteroatoms. The third-order valence-corrected chi connectivity index (χ3v) is 3.87. The minimum atomic E-state index is 0.0979. The van der Waals surface area contributed by atoms with E-state index in [1.165, 1.54) is 0 Å². The van der Waals surface area contributed by atoms with E-state index in [0.29, 0.717) is 39.4 Å². The third-order valence-electron chi connectivity index (χ3n) is 3.31. The first-order valence-corrected chi connectivity index (χ1v) is 8.03. The number of hydrogen-bond donors (Lipinski definition) is 1. The standard InChI is InChI=1S/C17H14Cl2N4O/c1-2-24-16-12(18)8-11(9-13(16)19)15-14(21-17(20)23-22-15)10-6-4-3-5-7-10/h3-9H,2H2,1H3,(H2,20,21,23). The topological polar surface area (TPSA) is 73.9 Å². The van der Waals surface area contributed by atoms with Crippen molar-refractivity contribution < 1.29 is 4.74 Å². The van der Waals surface area contributed by atoms with Gasteiger partial charge in [0.25, 0.3) is 0 Å². The molecule has 0 saturated heterocycles. The van der Waals surface area contributed by atoms with Crippen LogP contribution in [0.2, 0.25) is 10.0 Å². The minimum absolute atomic E-state index is 0.0979. The van der Waals surface area contributed by atoms with Crippen LogP contribution >= 0.6 is 23.2 Å². The van der Waals surface area contributed by atoms with Crippen molar-refractivity contribution in [2.45, 2.75) is 6.92 Å². The van der Waals surface area contributed by atoms with Gasteiger partial charge in [0.05, 0.1) is 16.7 Å². The molecule has 0 unspecified atom stereocenters. The summed E-state index contributed by atoms with van der Waals surface area (Å²) in [7, 11) is 0. The second-order valence-corrected chi connectivity index (χ2v) is 5.75. The second-order valence-electron chi connectivity index (χ2n) is 4.94. The Hall–Kier alpha value is -2.37. The number of nitrogens with zero attached hydrogens (tertiary/aromatic N) is 3. The first-order chi connectivity index (χ1) is 11.6. The van der Waals surface area contributed by atoms with Crippen molar-refractivity contribution in [3.63, 3.8) is 0 Å². The Morgan fingerprint density at radius 2 is 1.62 bits per heavy atom. The number of nitrogen functional groups attached to an aromatic ring is 1. The smallest absolute Gasteiger partial charge is 0.240 e. The van der Waals surface area contributed by atoms with Crippen LogP contribution < -0.4 is 10.5 Å². The van der Waals surface area contributed by atoms with E-state index in [1.807, 2.05) is 37.3 Å². The highest BCUT2D eigenvalue weighted by Gasteiger charge is 2.16. The highest BCUT2D eigenvalue weighted by atomic mass is 35.5. The third kappa shape index (κ3) is 3.27. The van der Waals surface area contributed by atoms with Gasteiger partial charge in [-0.05, 0) is 19.1 Å². The number of anilines is 1. The SMILES string of the molecule is CCOc1c(Cl)cc(-c2nnc(N)nc2-c2ccccc2)cc1Cl. The lowest BCUT2D eigenvalue weighted by Gasteiger charge is -2.12. The predicted molar refractivity (Wildman–Crippen MR) is 96.3 cm³/mol. The first-order valence-electron chi connectivity index (χ1n) is 7.28. The fraction of sp³-hybridized carbons (Fsp3) is 0.118. The molecule has 0 aliphatic heterocycles. The molecule has 1 aromatic heterocycles. The lowest BCUT2D eigenvalue weighted by Crippen LogP contribution is -2.02. The van der Waals surface area contributed by atoms with Crippen molar-refractivity contribution in [1.82, 2.24) is 15.2 Å². The average molecular weight is 361 g/mol. The van der Waals surface area contributed by atoms with Crippen LogP contribution in [-0.4, -0.2) is 21.8 Å². The highest BCUT2D eigenvalue weighted by molar-refractivity contribution is 6.37. The van der Waals surface area contributed by atoms with Crippen molar-refractivity contribution in [2.24, 2.45) is 0 Å². The van der Waals surface area contributed by atoms with Gasteiger partial charge in [0.15, 0.2) is 5.75 Å². The van der Waals surface area contributed by atoms with Crippen molar-refractivity contribution in [1.29, 1.82) is 0 Å². The van der Waals surface area contributed by atoms with Gasteiger partial charge in [-0.2, -0.15) is 0 Å². The van der Waals surface area contributed by atoms with Crippen molar-refractivity contribution in [3.8, 4) is 28.3 Å². The molecule has 24 heavy (non-hydrogen) atoms. The van der Waals surface area contributed by atoms with Crippen LogP contribution in [0, 0.1) is 0 Å². The number of rotatable bonds is 4. The second kappa shape index (κ2) is 7.03. The molecule has 0 atom stereocenters. The Bertz CT molecular complexity index is 849. The fourth-order valence-corrected chi connectivity index (χ4v) is 2.91. The van der Waals surface area contributed by atoms with Gasteiger partial charge in [-0.25, -0.2) is 4.98 Å². The van der Waals surface area contributed by atoms with Gasteiger partial charge in [-0.1, -0.05) is 53.5 Å². The summed E-state index contributed by atoms with van der Waals surface area (Å²) >= 11 is 12.6. The van der Waals surface area contributed by atoms with Crippen LogP contribution in [0.15, 0.2) is 42.5 Å². The predicted octanol–water partition coefficient (Wildman–Crippen LogP) is 4.49. The molecule has 0 aliphatic rings. The van der Waals surface area contributed by atoms with E-state index in [2.05, 4.69) is 15.2 Å². The molecule has 1 heterocycles. The van der Waals surface area contributed by atoms with Gasteiger partial charge in [0, 0.05) is 11.1 Å². The summed E-state index contributed by atoms with van der Waals surface area (Å²) in [5, 5.41) is 8.85. The quantitative estimate of drug-likeness (QED) is 0.741. The van der Waals surface area contributed by atoms with Gasteiger partial charge in [-0.15, -0.1) is 10.2 Å². The van der Waals surface area contributed by atoms with Gasteiger partial charge >= 0.3 is 0 Å². The fourth-order valence-electron chi connectivity index (χ4n) is 2.31. The summed E-state index contributed by atoms with van der Waals surface area (Å²) < 4.78 is 5.46. The monoisotopic (exact) mass is 360 g/mol. The van der Waals surface area contributed by atoms with E-state index in [1.54, 1.807) is 12.1 Å². The summed E-state index contributed by atoms with van der Waals surface area (Å²) in [6, 6.07) is 13.0.